The van der Waals surface area contributed by atoms with Crippen molar-refractivity contribution in [2.24, 2.45) is 0 Å². The topological polar surface area (TPSA) is 73.6 Å². The molecule has 1 N–H and O–H groups in total. The normalized spacial score (nSPS) is 10.1. The van der Waals surface area contributed by atoms with Gasteiger partial charge in [-0.3, -0.25) is 4.79 Å². The monoisotopic (exact) mass is 368 g/mol. The fourth-order valence-electron chi connectivity index (χ4n) is 2.25. The Hall–Kier alpha value is -3.59. The molecule has 0 fully saturated rings. The van der Waals surface area contributed by atoms with Crippen molar-refractivity contribution >= 4 is 17.7 Å². The summed E-state index contributed by atoms with van der Waals surface area (Å²) in [6, 6.07) is 14.0. The predicted molar refractivity (Wildman–Crippen MR) is 104 cm³/mol. The molecule has 0 bridgehead atoms. The zero-order valence-electron chi connectivity index (χ0n) is 15.4. The van der Waals surface area contributed by atoms with E-state index < -0.39 is 5.82 Å². The standard InChI is InChI=1S/C20H19FN2O.CH2O2/c1-14(16-5-6-17(13-22)20(21)12-16)11-15(2)23(3)18-7-9-19(24-4)10-8-18;2-1-3/h5-12H,1H2,2-4H3;1H,(H,2,3)/b15-11-;. The SMILES string of the molecule is C=C(/C=C(/C)N(C)c1ccc(OC)cc1)c1ccc(C#N)c(F)c1.O=CO. The molecule has 0 aliphatic heterocycles. The second-order valence-corrected chi connectivity index (χ2v) is 5.48. The van der Waals surface area contributed by atoms with Crippen molar-refractivity contribution in [3.63, 3.8) is 0 Å². The number of nitrogens with zero attached hydrogens (tertiary/aromatic N) is 2. The quantitative estimate of drug-likeness (QED) is 0.623. The minimum Gasteiger partial charge on any atom is -0.497 e. The molecule has 0 aromatic heterocycles. The van der Waals surface area contributed by atoms with Crippen molar-refractivity contribution in [3.8, 4) is 11.8 Å². The lowest BCUT2D eigenvalue weighted by Crippen LogP contribution is -2.14. The lowest BCUT2D eigenvalue weighted by atomic mass is 10.0. The fraction of sp³-hybridized carbons (Fsp3) is 0.143. The van der Waals surface area contributed by atoms with E-state index in [2.05, 4.69) is 6.58 Å². The van der Waals surface area contributed by atoms with Gasteiger partial charge < -0.3 is 14.7 Å². The van der Waals surface area contributed by atoms with Gasteiger partial charge in [0.1, 0.15) is 17.6 Å². The summed E-state index contributed by atoms with van der Waals surface area (Å²) in [7, 11) is 3.57. The number of hydrogen-bond acceptors (Lipinski definition) is 4. The van der Waals surface area contributed by atoms with Crippen molar-refractivity contribution in [2.75, 3.05) is 19.1 Å². The number of halogens is 1. The highest BCUT2D eigenvalue weighted by atomic mass is 19.1. The lowest BCUT2D eigenvalue weighted by Gasteiger charge is -2.21. The zero-order valence-corrected chi connectivity index (χ0v) is 15.4. The summed E-state index contributed by atoms with van der Waals surface area (Å²) in [6.07, 6.45) is 1.88. The van der Waals surface area contributed by atoms with Crippen molar-refractivity contribution < 1.29 is 19.0 Å². The van der Waals surface area contributed by atoms with Crippen LogP contribution in [0.2, 0.25) is 0 Å². The van der Waals surface area contributed by atoms with Crippen LogP contribution in [0.5, 0.6) is 5.75 Å². The predicted octanol–water partition coefficient (Wildman–Crippen LogP) is 4.46. The summed E-state index contributed by atoms with van der Waals surface area (Å²) < 4.78 is 18.9. The minimum atomic E-state index is -0.536. The number of benzene rings is 2. The summed E-state index contributed by atoms with van der Waals surface area (Å²) in [5, 5.41) is 15.7. The molecule has 2 aromatic carbocycles. The first-order chi connectivity index (χ1) is 12.9. The number of rotatable bonds is 5. The molecule has 0 aliphatic rings. The van der Waals surface area contributed by atoms with Gasteiger partial charge >= 0.3 is 0 Å². The van der Waals surface area contributed by atoms with Gasteiger partial charge in [-0.2, -0.15) is 5.26 Å². The van der Waals surface area contributed by atoms with Gasteiger partial charge in [0.2, 0.25) is 0 Å². The van der Waals surface area contributed by atoms with Crippen LogP contribution in [0.4, 0.5) is 10.1 Å². The van der Waals surface area contributed by atoms with E-state index in [1.54, 1.807) is 13.2 Å². The van der Waals surface area contributed by atoms with Gasteiger partial charge in [-0.1, -0.05) is 12.6 Å². The van der Waals surface area contributed by atoms with Crippen LogP contribution in [0, 0.1) is 17.1 Å². The maximum absolute atomic E-state index is 13.7. The number of carbonyl (C=O) groups is 1. The highest BCUT2D eigenvalue weighted by molar-refractivity contribution is 5.74. The molecule has 2 aromatic rings. The summed E-state index contributed by atoms with van der Waals surface area (Å²) >= 11 is 0. The average Bonchev–Trinajstić information content (AvgIpc) is 2.67. The Bertz CT molecular complexity index is 868. The summed E-state index contributed by atoms with van der Waals surface area (Å²) in [5.41, 5.74) is 3.31. The molecule has 27 heavy (non-hydrogen) atoms. The number of nitriles is 1. The van der Waals surface area contributed by atoms with Crippen LogP contribution >= 0.6 is 0 Å². The molecule has 0 heterocycles. The first-order valence-corrected chi connectivity index (χ1v) is 7.90. The van der Waals surface area contributed by atoms with Crippen LogP contribution in [-0.2, 0) is 4.79 Å². The summed E-state index contributed by atoms with van der Waals surface area (Å²) in [4.78, 5) is 10.4. The van der Waals surface area contributed by atoms with Crippen LogP contribution in [0.15, 0.2) is 60.8 Å². The smallest absolute Gasteiger partial charge is 0.290 e. The van der Waals surface area contributed by atoms with E-state index in [-0.39, 0.29) is 12.0 Å². The first-order valence-electron chi connectivity index (χ1n) is 7.90. The summed E-state index contributed by atoms with van der Waals surface area (Å²) in [5.74, 6) is 0.261. The van der Waals surface area contributed by atoms with Gasteiger partial charge in [0.05, 0.1) is 12.7 Å². The largest absolute Gasteiger partial charge is 0.497 e. The Morgan fingerprint density at radius 2 is 1.89 bits per heavy atom. The maximum atomic E-state index is 13.7. The Morgan fingerprint density at radius 1 is 1.30 bits per heavy atom. The number of carboxylic acid groups (broad SMARTS) is 1. The molecule has 0 amide bonds. The Labute approximate surface area is 158 Å². The summed E-state index contributed by atoms with van der Waals surface area (Å²) in [6.45, 7) is 5.70. The van der Waals surface area contributed by atoms with E-state index in [9.17, 15) is 4.39 Å². The van der Waals surface area contributed by atoms with Gasteiger partial charge in [-0.25, -0.2) is 4.39 Å². The third-order valence-corrected chi connectivity index (χ3v) is 3.83. The second-order valence-electron chi connectivity index (χ2n) is 5.48. The maximum Gasteiger partial charge on any atom is 0.290 e. The number of allylic oxidation sites excluding steroid dienone is 3. The van der Waals surface area contributed by atoms with Gasteiger partial charge in [0.15, 0.2) is 0 Å². The van der Waals surface area contributed by atoms with E-state index >= 15 is 0 Å². The van der Waals surface area contributed by atoms with Crippen molar-refractivity contribution in [3.05, 3.63) is 77.8 Å². The minimum absolute atomic E-state index is 0.0302. The molecule has 0 spiro atoms. The van der Waals surface area contributed by atoms with Crippen molar-refractivity contribution in [1.29, 1.82) is 5.26 Å². The van der Waals surface area contributed by atoms with Crippen LogP contribution < -0.4 is 9.64 Å². The van der Waals surface area contributed by atoms with Gasteiger partial charge in [0, 0.05) is 18.4 Å². The molecular formula is C21H21FN2O3. The van der Waals surface area contributed by atoms with Crippen LogP contribution in [0.3, 0.4) is 0 Å². The van der Waals surface area contributed by atoms with Crippen LogP contribution in [0.1, 0.15) is 18.1 Å². The van der Waals surface area contributed by atoms with Crippen molar-refractivity contribution in [2.45, 2.75) is 6.92 Å². The molecule has 0 radical (unpaired) electrons. The molecular weight excluding hydrogens is 347 g/mol. The Morgan fingerprint density at radius 3 is 2.37 bits per heavy atom. The number of hydrogen-bond donors (Lipinski definition) is 1. The van der Waals surface area contributed by atoms with E-state index in [0.29, 0.717) is 11.1 Å². The molecule has 0 saturated heterocycles. The number of ether oxygens (including phenoxy) is 1. The molecule has 0 aliphatic carbocycles. The van der Waals surface area contributed by atoms with E-state index in [0.717, 1.165) is 17.1 Å². The number of methoxy groups -OCH3 is 1. The second kappa shape index (κ2) is 10.4. The number of anilines is 1. The van der Waals surface area contributed by atoms with Gasteiger partial charge in [0.25, 0.3) is 6.47 Å². The molecule has 6 heteroatoms. The lowest BCUT2D eigenvalue weighted by molar-refractivity contribution is -0.122. The van der Waals surface area contributed by atoms with E-state index in [1.165, 1.54) is 12.1 Å². The molecule has 0 atom stereocenters. The highest BCUT2D eigenvalue weighted by Crippen LogP contribution is 2.24. The Balaban J connectivity index is 0.00000114. The third-order valence-electron chi connectivity index (χ3n) is 3.83. The first kappa shape index (κ1) is 21.5. The highest BCUT2D eigenvalue weighted by Gasteiger charge is 2.07. The molecule has 5 nitrogen and oxygen atoms in total. The molecule has 140 valence electrons. The Kier molecular flexibility index (Phi) is 8.27. The van der Waals surface area contributed by atoms with Crippen LogP contribution in [0.25, 0.3) is 5.57 Å². The molecule has 0 saturated carbocycles. The molecule has 2 rings (SSSR count). The average molecular weight is 368 g/mol. The van der Waals surface area contributed by atoms with Gasteiger partial charge in [-0.05, 0) is 60.5 Å². The van der Waals surface area contributed by atoms with E-state index in [1.807, 2.05) is 55.3 Å². The van der Waals surface area contributed by atoms with E-state index in [4.69, 9.17) is 19.9 Å². The third kappa shape index (κ3) is 6.01. The fourth-order valence-corrected chi connectivity index (χ4v) is 2.25. The zero-order chi connectivity index (χ0) is 20.4. The van der Waals surface area contributed by atoms with Crippen molar-refractivity contribution in [1.82, 2.24) is 0 Å². The van der Waals surface area contributed by atoms with Crippen LogP contribution in [-0.4, -0.2) is 25.7 Å². The molecule has 0 unspecified atom stereocenters. The van der Waals surface area contributed by atoms with Gasteiger partial charge in [-0.15, -0.1) is 0 Å².